The summed E-state index contributed by atoms with van der Waals surface area (Å²) < 4.78 is 24.4. The minimum absolute atomic E-state index is 0.258. The molecule has 0 aromatic carbocycles. The number of ether oxygens (including phenoxy) is 4. The number of aliphatic hydroxyl groups is 1. The molecular weight excluding hydrogens is 452 g/mol. The molecule has 1 N–H and O–H groups in total. The maximum absolute atomic E-state index is 10.4. The summed E-state index contributed by atoms with van der Waals surface area (Å²) in [5, 5.41) is 10.4. The van der Waals surface area contributed by atoms with Gasteiger partial charge in [-0.15, -0.1) is 0 Å². The van der Waals surface area contributed by atoms with Crippen molar-refractivity contribution in [1.82, 2.24) is 0 Å². The van der Waals surface area contributed by atoms with Crippen LogP contribution in [0.2, 0.25) is 0 Å². The molecule has 1 spiro atoms. The molecule has 0 unspecified atom stereocenters. The first-order chi connectivity index (χ1) is 17.1. The Bertz CT molecular complexity index is 792. The summed E-state index contributed by atoms with van der Waals surface area (Å²) in [5.41, 5.74) is 1.60. The van der Waals surface area contributed by atoms with E-state index in [-0.39, 0.29) is 18.0 Å². The first-order valence-electron chi connectivity index (χ1n) is 14.9. The summed E-state index contributed by atoms with van der Waals surface area (Å²) in [6.45, 7) is 15.4. The van der Waals surface area contributed by atoms with E-state index < -0.39 is 0 Å². The molecule has 5 heteroatoms. The molecule has 1 saturated heterocycles. The van der Waals surface area contributed by atoms with E-state index in [1.807, 2.05) is 6.92 Å². The second kappa shape index (κ2) is 10.3. The van der Waals surface area contributed by atoms with Gasteiger partial charge in [-0.25, -0.2) is 0 Å². The minimum atomic E-state index is -0.363. The molecular formula is C31H52O5. The van der Waals surface area contributed by atoms with E-state index in [9.17, 15) is 5.11 Å². The first-order valence-corrected chi connectivity index (χ1v) is 14.9. The lowest BCUT2D eigenvalue weighted by Gasteiger charge is -2.63. The summed E-state index contributed by atoms with van der Waals surface area (Å²) in [6.07, 6.45) is 11.5. The number of hydrogen-bond acceptors (Lipinski definition) is 5. The molecule has 0 aromatic rings. The van der Waals surface area contributed by atoms with Gasteiger partial charge in [-0.05, 0) is 105 Å². The van der Waals surface area contributed by atoms with E-state index in [1.165, 1.54) is 32.1 Å². The number of hydrogen-bond donors (Lipinski definition) is 1. The molecule has 0 amide bonds. The van der Waals surface area contributed by atoms with Gasteiger partial charge in [0.15, 0.2) is 5.79 Å². The Morgan fingerprint density at radius 3 is 2.44 bits per heavy atom. The van der Waals surface area contributed by atoms with E-state index in [1.54, 1.807) is 7.11 Å². The Morgan fingerprint density at radius 2 is 1.75 bits per heavy atom. The lowest BCUT2D eigenvalue weighted by molar-refractivity contribution is -0.253. The van der Waals surface area contributed by atoms with E-state index in [4.69, 9.17) is 18.9 Å². The summed E-state index contributed by atoms with van der Waals surface area (Å²) in [5.74, 6) is 3.62. The smallest absolute Gasteiger partial charge is 0.168 e. The molecule has 4 aliphatic carbocycles. The van der Waals surface area contributed by atoms with Crippen LogP contribution in [0.5, 0.6) is 0 Å². The molecule has 1 aliphatic heterocycles. The highest BCUT2D eigenvalue weighted by molar-refractivity contribution is 5.13. The van der Waals surface area contributed by atoms with Gasteiger partial charge < -0.3 is 24.1 Å². The van der Waals surface area contributed by atoms with Gasteiger partial charge in [0.25, 0.3) is 0 Å². The Balaban J connectivity index is 1.37. The molecule has 4 saturated carbocycles. The summed E-state index contributed by atoms with van der Waals surface area (Å²) >= 11 is 0. The number of rotatable bonds is 8. The zero-order valence-electron chi connectivity index (χ0n) is 23.6. The lowest BCUT2D eigenvalue weighted by atomic mass is 9.43. The Kier molecular flexibility index (Phi) is 7.73. The predicted molar refractivity (Wildman–Crippen MR) is 141 cm³/mol. The average Bonchev–Trinajstić information content (AvgIpc) is 3.45. The zero-order valence-corrected chi connectivity index (χ0v) is 23.6. The van der Waals surface area contributed by atoms with Crippen molar-refractivity contribution < 1.29 is 24.1 Å². The average molecular weight is 505 g/mol. The maximum atomic E-state index is 10.4. The Hall–Kier alpha value is -0.460. The van der Waals surface area contributed by atoms with E-state index in [0.29, 0.717) is 47.2 Å². The topological polar surface area (TPSA) is 57.2 Å². The van der Waals surface area contributed by atoms with E-state index >= 15 is 0 Å². The maximum Gasteiger partial charge on any atom is 0.168 e. The van der Waals surface area contributed by atoms with Crippen molar-refractivity contribution in [2.75, 3.05) is 27.1 Å². The summed E-state index contributed by atoms with van der Waals surface area (Å²) in [7, 11) is 1.75. The molecule has 206 valence electrons. The van der Waals surface area contributed by atoms with Crippen LogP contribution >= 0.6 is 0 Å². The Morgan fingerprint density at radius 1 is 1.03 bits per heavy atom. The third-order valence-corrected chi connectivity index (χ3v) is 12.1. The lowest BCUT2D eigenvalue weighted by Crippen LogP contribution is -2.60. The van der Waals surface area contributed by atoms with Crippen LogP contribution in [0.25, 0.3) is 0 Å². The highest BCUT2D eigenvalue weighted by Gasteiger charge is 2.65. The monoisotopic (exact) mass is 504 g/mol. The van der Waals surface area contributed by atoms with Crippen molar-refractivity contribution in [1.29, 1.82) is 0 Å². The molecule has 5 fully saturated rings. The standard InChI is InChI=1S/C31H52O5/c1-20(2)26(32)10-7-21(3)23-8-9-24-28-25(11-12-30(23,24)5)29(4)13-14-31(35-15-16-36-31)18-22(29)17-27(28)34-19-33-6/h21-28,32H,1,7-19H2,2-6H3/t21-,22+,23-,24+,25+,26-,27-,28+,29+,30-/m1/s1. The van der Waals surface area contributed by atoms with Gasteiger partial charge in [0, 0.05) is 20.0 Å². The third-order valence-electron chi connectivity index (χ3n) is 12.1. The molecule has 5 rings (SSSR count). The SMILES string of the molecule is C=C(C)[C@H](O)CC[C@@H](C)[C@H]1CC[C@H]2[C@@H]3[C@H](OCOC)C[C@H]4CC5(CC[C@]4(C)[C@H]3CC[C@]12C)OCCO5. The fraction of sp³-hybridized carbons (Fsp3) is 0.935. The van der Waals surface area contributed by atoms with Crippen molar-refractivity contribution in [2.45, 2.75) is 110 Å². The van der Waals surface area contributed by atoms with Crippen molar-refractivity contribution in [3.8, 4) is 0 Å². The van der Waals surface area contributed by atoms with Gasteiger partial charge in [0.1, 0.15) is 6.79 Å². The van der Waals surface area contributed by atoms with Gasteiger partial charge in [0.2, 0.25) is 0 Å². The van der Waals surface area contributed by atoms with Gasteiger partial charge in [-0.2, -0.15) is 0 Å². The van der Waals surface area contributed by atoms with Crippen LogP contribution in [0, 0.1) is 46.3 Å². The van der Waals surface area contributed by atoms with E-state index in [2.05, 4.69) is 27.4 Å². The van der Waals surface area contributed by atoms with Gasteiger partial charge in [0.05, 0.1) is 25.4 Å². The molecule has 0 aromatic heterocycles. The molecule has 5 nitrogen and oxygen atoms in total. The highest BCUT2D eigenvalue weighted by atomic mass is 16.7. The van der Waals surface area contributed by atoms with Crippen molar-refractivity contribution in [3.05, 3.63) is 12.2 Å². The van der Waals surface area contributed by atoms with Crippen molar-refractivity contribution in [3.63, 3.8) is 0 Å². The molecule has 5 aliphatic rings. The van der Waals surface area contributed by atoms with Crippen LogP contribution in [0.15, 0.2) is 12.2 Å². The summed E-state index contributed by atoms with van der Waals surface area (Å²) in [4.78, 5) is 0. The fourth-order valence-electron chi connectivity index (χ4n) is 10.1. The van der Waals surface area contributed by atoms with Gasteiger partial charge in [-0.3, -0.25) is 0 Å². The number of fused-ring (bicyclic) bond motifs is 5. The Labute approximate surface area is 219 Å². The number of aliphatic hydroxyl groups excluding tert-OH is 1. The first kappa shape index (κ1) is 27.1. The van der Waals surface area contributed by atoms with Crippen molar-refractivity contribution >= 4 is 0 Å². The minimum Gasteiger partial charge on any atom is -0.389 e. The predicted octanol–water partition coefficient (Wildman–Crippen LogP) is 6.34. The molecule has 36 heavy (non-hydrogen) atoms. The third kappa shape index (κ3) is 4.53. The largest absolute Gasteiger partial charge is 0.389 e. The summed E-state index contributed by atoms with van der Waals surface area (Å²) in [6, 6.07) is 0. The van der Waals surface area contributed by atoms with Crippen LogP contribution < -0.4 is 0 Å². The zero-order chi connectivity index (χ0) is 25.7. The molecule has 10 atom stereocenters. The fourth-order valence-corrected chi connectivity index (χ4v) is 10.1. The van der Waals surface area contributed by atoms with Gasteiger partial charge >= 0.3 is 0 Å². The molecule has 0 radical (unpaired) electrons. The van der Waals surface area contributed by atoms with Crippen LogP contribution in [-0.4, -0.2) is 50.2 Å². The molecule has 0 bridgehead atoms. The second-order valence-corrected chi connectivity index (χ2v) is 13.8. The highest BCUT2D eigenvalue weighted by Crippen LogP contribution is 2.69. The van der Waals surface area contributed by atoms with Crippen LogP contribution in [0.3, 0.4) is 0 Å². The normalized spacial score (nSPS) is 45.1. The second-order valence-electron chi connectivity index (χ2n) is 13.8. The van der Waals surface area contributed by atoms with E-state index in [0.717, 1.165) is 56.8 Å². The number of methoxy groups -OCH3 is 1. The molecule has 1 heterocycles. The van der Waals surface area contributed by atoms with Crippen LogP contribution in [0.4, 0.5) is 0 Å². The quantitative estimate of drug-likeness (QED) is 0.309. The van der Waals surface area contributed by atoms with Gasteiger partial charge in [-0.1, -0.05) is 32.9 Å². The van der Waals surface area contributed by atoms with Crippen LogP contribution in [-0.2, 0) is 18.9 Å². The van der Waals surface area contributed by atoms with Crippen LogP contribution in [0.1, 0.15) is 91.9 Å². The van der Waals surface area contributed by atoms with Crippen molar-refractivity contribution in [2.24, 2.45) is 46.3 Å².